The van der Waals surface area contributed by atoms with Gasteiger partial charge in [0.1, 0.15) is 6.04 Å². The third-order valence-electron chi connectivity index (χ3n) is 3.09. The summed E-state index contributed by atoms with van der Waals surface area (Å²) >= 11 is 5.52. The standard InChI is InChI=1S/C16H14BrIN2O2/c17-12-3-1-2-11(9-12)16(22)20-14(15(19)21)8-10-4-6-13(18)7-5-10/h1-7,9,14H,8H2,(H2,19,21)(H,20,22)/t14-/m0/s1. The maximum Gasteiger partial charge on any atom is 0.251 e. The number of primary amides is 1. The molecule has 1 atom stereocenters. The van der Waals surface area contributed by atoms with Crippen LogP contribution in [0.3, 0.4) is 0 Å². The van der Waals surface area contributed by atoms with Gasteiger partial charge in [0, 0.05) is 20.0 Å². The predicted molar refractivity (Wildman–Crippen MR) is 97.5 cm³/mol. The zero-order valence-corrected chi connectivity index (χ0v) is 15.3. The van der Waals surface area contributed by atoms with E-state index < -0.39 is 11.9 Å². The molecule has 2 aromatic carbocycles. The fraction of sp³-hybridized carbons (Fsp3) is 0.125. The molecule has 4 nitrogen and oxygen atoms in total. The lowest BCUT2D eigenvalue weighted by atomic mass is 10.0. The zero-order valence-electron chi connectivity index (χ0n) is 11.6. The van der Waals surface area contributed by atoms with E-state index in [1.807, 2.05) is 30.3 Å². The number of hydrogen-bond donors (Lipinski definition) is 2. The summed E-state index contributed by atoms with van der Waals surface area (Å²) in [7, 11) is 0. The van der Waals surface area contributed by atoms with E-state index in [-0.39, 0.29) is 5.91 Å². The number of rotatable bonds is 5. The zero-order chi connectivity index (χ0) is 16.1. The molecule has 0 heterocycles. The van der Waals surface area contributed by atoms with Crippen LogP contribution in [0.15, 0.2) is 53.0 Å². The van der Waals surface area contributed by atoms with Gasteiger partial charge in [0.05, 0.1) is 0 Å². The van der Waals surface area contributed by atoms with Gasteiger partial charge in [-0.3, -0.25) is 9.59 Å². The summed E-state index contributed by atoms with van der Waals surface area (Å²) in [5.74, 6) is -0.877. The average molecular weight is 473 g/mol. The van der Waals surface area contributed by atoms with Crippen LogP contribution in [0.4, 0.5) is 0 Å². The number of carbonyl (C=O) groups excluding carboxylic acids is 2. The predicted octanol–water partition coefficient (Wildman–Crippen LogP) is 2.88. The van der Waals surface area contributed by atoms with Crippen molar-refractivity contribution in [3.05, 3.63) is 67.7 Å². The van der Waals surface area contributed by atoms with Gasteiger partial charge in [-0.05, 0) is 58.5 Å². The molecule has 0 saturated heterocycles. The lowest BCUT2D eigenvalue weighted by Gasteiger charge is -2.16. The molecule has 0 saturated carbocycles. The smallest absolute Gasteiger partial charge is 0.251 e. The fourth-order valence-corrected chi connectivity index (χ4v) is 2.71. The Kier molecular flexibility index (Phi) is 5.96. The van der Waals surface area contributed by atoms with Gasteiger partial charge >= 0.3 is 0 Å². The van der Waals surface area contributed by atoms with Crippen LogP contribution in [0, 0.1) is 3.57 Å². The van der Waals surface area contributed by atoms with E-state index in [0.29, 0.717) is 12.0 Å². The fourth-order valence-electron chi connectivity index (χ4n) is 1.95. The summed E-state index contributed by atoms with van der Waals surface area (Å²) in [5, 5.41) is 2.69. The Morgan fingerprint density at radius 1 is 1.18 bits per heavy atom. The van der Waals surface area contributed by atoms with E-state index in [4.69, 9.17) is 5.73 Å². The summed E-state index contributed by atoms with van der Waals surface area (Å²) in [5.41, 5.74) is 6.82. The van der Waals surface area contributed by atoms with Crippen molar-refractivity contribution >= 4 is 50.3 Å². The molecule has 2 amide bonds. The highest BCUT2D eigenvalue weighted by Crippen LogP contribution is 2.13. The molecule has 6 heteroatoms. The highest BCUT2D eigenvalue weighted by atomic mass is 127. The Morgan fingerprint density at radius 2 is 1.86 bits per heavy atom. The van der Waals surface area contributed by atoms with E-state index >= 15 is 0 Å². The van der Waals surface area contributed by atoms with E-state index in [0.717, 1.165) is 13.6 Å². The largest absolute Gasteiger partial charge is 0.368 e. The Morgan fingerprint density at radius 3 is 2.45 bits per heavy atom. The molecule has 0 aliphatic rings. The molecule has 0 aliphatic heterocycles. The molecule has 0 radical (unpaired) electrons. The number of halogens is 2. The Hall–Kier alpha value is -1.41. The number of benzene rings is 2. The van der Waals surface area contributed by atoms with Crippen molar-refractivity contribution < 1.29 is 9.59 Å². The average Bonchev–Trinajstić information content (AvgIpc) is 2.48. The molecule has 3 N–H and O–H groups in total. The SMILES string of the molecule is NC(=O)[C@H](Cc1ccc(I)cc1)NC(=O)c1cccc(Br)c1. The number of nitrogens with two attached hydrogens (primary N) is 1. The van der Waals surface area contributed by atoms with Crippen molar-refractivity contribution in [2.24, 2.45) is 5.73 Å². The van der Waals surface area contributed by atoms with Gasteiger partial charge in [-0.15, -0.1) is 0 Å². The third-order valence-corrected chi connectivity index (χ3v) is 4.30. The lowest BCUT2D eigenvalue weighted by Crippen LogP contribution is -2.45. The second-order valence-electron chi connectivity index (χ2n) is 4.77. The molecule has 0 fully saturated rings. The van der Waals surface area contributed by atoms with Crippen LogP contribution in [0.1, 0.15) is 15.9 Å². The van der Waals surface area contributed by atoms with Crippen molar-refractivity contribution in [1.29, 1.82) is 0 Å². The van der Waals surface area contributed by atoms with Gasteiger partial charge in [-0.2, -0.15) is 0 Å². The van der Waals surface area contributed by atoms with E-state index in [9.17, 15) is 9.59 Å². The second kappa shape index (κ2) is 7.73. The highest BCUT2D eigenvalue weighted by molar-refractivity contribution is 14.1. The summed E-state index contributed by atoms with van der Waals surface area (Å²) in [6, 6.07) is 14.0. The first-order valence-corrected chi connectivity index (χ1v) is 8.43. The van der Waals surface area contributed by atoms with Gasteiger partial charge in [0.2, 0.25) is 5.91 Å². The molecule has 0 aliphatic carbocycles. The Balaban J connectivity index is 2.10. The summed E-state index contributed by atoms with van der Waals surface area (Å²) < 4.78 is 1.91. The van der Waals surface area contributed by atoms with Gasteiger partial charge < -0.3 is 11.1 Å². The molecule has 0 bridgehead atoms. The Bertz CT molecular complexity index is 689. The maximum absolute atomic E-state index is 12.2. The van der Waals surface area contributed by atoms with Crippen molar-refractivity contribution in [3.8, 4) is 0 Å². The molecular formula is C16H14BrIN2O2. The molecule has 2 aromatic rings. The first-order valence-electron chi connectivity index (χ1n) is 6.56. The molecule has 0 spiro atoms. The van der Waals surface area contributed by atoms with E-state index in [1.54, 1.807) is 18.2 Å². The number of amides is 2. The van der Waals surface area contributed by atoms with Crippen LogP contribution in [-0.4, -0.2) is 17.9 Å². The number of nitrogens with one attached hydrogen (secondary N) is 1. The van der Waals surface area contributed by atoms with Crippen molar-refractivity contribution in [2.75, 3.05) is 0 Å². The van der Waals surface area contributed by atoms with Crippen LogP contribution in [0.2, 0.25) is 0 Å². The lowest BCUT2D eigenvalue weighted by molar-refractivity contribution is -0.119. The minimum absolute atomic E-state index is 0.324. The van der Waals surface area contributed by atoms with Gasteiger partial charge in [0.25, 0.3) is 5.91 Å². The van der Waals surface area contributed by atoms with Crippen molar-refractivity contribution in [2.45, 2.75) is 12.5 Å². The maximum atomic E-state index is 12.2. The minimum Gasteiger partial charge on any atom is -0.368 e. The second-order valence-corrected chi connectivity index (χ2v) is 6.93. The van der Waals surface area contributed by atoms with Gasteiger partial charge in [0.15, 0.2) is 0 Å². The van der Waals surface area contributed by atoms with Gasteiger partial charge in [-0.25, -0.2) is 0 Å². The van der Waals surface area contributed by atoms with Crippen molar-refractivity contribution in [3.63, 3.8) is 0 Å². The summed E-state index contributed by atoms with van der Waals surface area (Å²) in [6.45, 7) is 0. The Labute approximate surface area is 150 Å². The monoisotopic (exact) mass is 472 g/mol. The topological polar surface area (TPSA) is 72.2 Å². The van der Waals surface area contributed by atoms with Crippen LogP contribution >= 0.6 is 38.5 Å². The molecular weight excluding hydrogens is 459 g/mol. The molecule has 22 heavy (non-hydrogen) atoms. The molecule has 114 valence electrons. The van der Waals surface area contributed by atoms with Crippen LogP contribution in [0.25, 0.3) is 0 Å². The van der Waals surface area contributed by atoms with Gasteiger partial charge in [-0.1, -0.05) is 34.1 Å². The summed E-state index contributed by atoms with van der Waals surface area (Å²) in [4.78, 5) is 23.8. The first-order chi connectivity index (χ1) is 10.5. The minimum atomic E-state index is -0.744. The highest BCUT2D eigenvalue weighted by Gasteiger charge is 2.19. The summed E-state index contributed by atoms with van der Waals surface area (Å²) in [6.07, 6.45) is 0.367. The normalized spacial score (nSPS) is 11.7. The molecule has 0 aromatic heterocycles. The van der Waals surface area contributed by atoms with Crippen LogP contribution < -0.4 is 11.1 Å². The molecule has 2 rings (SSSR count). The van der Waals surface area contributed by atoms with Crippen molar-refractivity contribution in [1.82, 2.24) is 5.32 Å². The van der Waals surface area contributed by atoms with E-state index in [2.05, 4.69) is 43.8 Å². The quantitative estimate of drug-likeness (QED) is 0.657. The van der Waals surface area contributed by atoms with Crippen LogP contribution in [-0.2, 0) is 11.2 Å². The molecule has 0 unspecified atom stereocenters. The first kappa shape index (κ1) is 17.0. The third kappa shape index (κ3) is 4.81. The number of hydrogen-bond acceptors (Lipinski definition) is 2. The number of carbonyl (C=O) groups is 2. The van der Waals surface area contributed by atoms with E-state index in [1.165, 1.54) is 0 Å². The van der Waals surface area contributed by atoms with Crippen LogP contribution in [0.5, 0.6) is 0 Å².